The Morgan fingerprint density at radius 3 is 2.45 bits per heavy atom. The monoisotopic (exact) mass is 357 g/mol. The van der Waals surface area contributed by atoms with Crippen LogP contribution in [0.3, 0.4) is 0 Å². The summed E-state index contributed by atoms with van der Waals surface area (Å²) in [5.74, 6) is -2.38. The predicted octanol–water partition coefficient (Wildman–Crippen LogP) is 5.68. The molecule has 0 amide bonds. The van der Waals surface area contributed by atoms with Crippen molar-refractivity contribution in [2.75, 3.05) is 5.32 Å². The summed E-state index contributed by atoms with van der Waals surface area (Å²) in [6, 6.07) is 13.2. The second-order valence-corrected chi connectivity index (χ2v) is 6.27. The van der Waals surface area contributed by atoms with Gasteiger partial charge in [-0.3, -0.25) is 0 Å². The molecule has 0 aliphatic rings. The summed E-state index contributed by atoms with van der Waals surface area (Å²) in [5.41, 5.74) is 3.27. The van der Waals surface area contributed by atoms with Crippen LogP contribution in [0.4, 0.5) is 14.5 Å². The standard InChI is InChI=1S/C15H14BrF2NS/c1-10-2-3-11(14(16)8-10)9-19-12-4-6-13(7-5-12)20-15(17)18/h2-8,15,19H,9H2,1H3. The van der Waals surface area contributed by atoms with Gasteiger partial charge in [0.1, 0.15) is 0 Å². The van der Waals surface area contributed by atoms with Crippen molar-refractivity contribution in [2.45, 2.75) is 24.1 Å². The van der Waals surface area contributed by atoms with Gasteiger partial charge < -0.3 is 5.32 Å². The van der Waals surface area contributed by atoms with Crippen molar-refractivity contribution in [3.8, 4) is 0 Å². The van der Waals surface area contributed by atoms with Crippen LogP contribution in [-0.4, -0.2) is 5.76 Å². The van der Waals surface area contributed by atoms with Crippen LogP contribution in [0, 0.1) is 6.92 Å². The van der Waals surface area contributed by atoms with E-state index in [0.29, 0.717) is 23.2 Å². The molecule has 0 aromatic heterocycles. The number of nitrogens with one attached hydrogen (secondary N) is 1. The zero-order valence-electron chi connectivity index (χ0n) is 10.9. The minimum atomic E-state index is -2.38. The molecule has 0 bridgehead atoms. The van der Waals surface area contributed by atoms with Crippen molar-refractivity contribution in [1.82, 2.24) is 0 Å². The van der Waals surface area contributed by atoms with Crippen LogP contribution in [0.2, 0.25) is 0 Å². The first-order chi connectivity index (χ1) is 9.54. The van der Waals surface area contributed by atoms with Gasteiger partial charge in [0.2, 0.25) is 0 Å². The Bertz CT molecular complexity index is 573. The number of alkyl halides is 2. The fourth-order valence-electron chi connectivity index (χ4n) is 1.75. The Hall–Kier alpha value is -1.07. The van der Waals surface area contributed by atoms with Crippen LogP contribution in [-0.2, 0) is 6.54 Å². The summed E-state index contributed by atoms with van der Waals surface area (Å²) >= 11 is 4.09. The number of anilines is 1. The van der Waals surface area contributed by atoms with Gasteiger partial charge in [-0.05, 0) is 48.4 Å². The SMILES string of the molecule is Cc1ccc(CNc2ccc(SC(F)F)cc2)c(Br)c1. The maximum atomic E-state index is 12.2. The average molecular weight is 358 g/mol. The molecule has 5 heteroatoms. The van der Waals surface area contributed by atoms with E-state index in [2.05, 4.69) is 39.4 Å². The van der Waals surface area contributed by atoms with Crippen LogP contribution in [0.1, 0.15) is 11.1 Å². The third kappa shape index (κ3) is 4.49. The van der Waals surface area contributed by atoms with Crippen molar-refractivity contribution in [1.29, 1.82) is 0 Å². The van der Waals surface area contributed by atoms with E-state index in [4.69, 9.17) is 0 Å². The highest BCUT2D eigenvalue weighted by Gasteiger charge is 2.05. The average Bonchev–Trinajstić information content (AvgIpc) is 2.39. The lowest BCUT2D eigenvalue weighted by Crippen LogP contribution is -2.00. The quantitative estimate of drug-likeness (QED) is 0.690. The van der Waals surface area contributed by atoms with Crippen LogP contribution in [0.25, 0.3) is 0 Å². The summed E-state index contributed by atoms with van der Waals surface area (Å²) in [6.45, 7) is 2.73. The number of hydrogen-bond acceptors (Lipinski definition) is 2. The third-order valence-corrected chi connectivity index (χ3v) is 4.23. The number of benzene rings is 2. The van der Waals surface area contributed by atoms with Crippen LogP contribution in [0.15, 0.2) is 51.8 Å². The lowest BCUT2D eigenvalue weighted by molar-refractivity contribution is 0.252. The molecular formula is C15H14BrF2NS. The summed E-state index contributed by atoms with van der Waals surface area (Å²) in [6.07, 6.45) is 0. The Morgan fingerprint density at radius 2 is 1.85 bits per heavy atom. The zero-order chi connectivity index (χ0) is 14.5. The minimum Gasteiger partial charge on any atom is -0.381 e. The van der Waals surface area contributed by atoms with Crippen molar-refractivity contribution in [3.05, 3.63) is 58.1 Å². The molecule has 0 atom stereocenters. The molecule has 0 fully saturated rings. The van der Waals surface area contributed by atoms with E-state index in [1.54, 1.807) is 12.1 Å². The highest BCUT2D eigenvalue weighted by atomic mass is 79.9. The van der Waals surface area contributed by atoms with Crippen molar-refractivity contribution < 1.29 is 8.78 Å². The van der Waals surface area contributed by atoms with Gasteiger partial charge in [-0.2, -0.15) is 8.78 Å². The largest absolute Gasteiger partial charge is 0.381 e. The minimum absolute atomic E-state index is 0.557. The second-order valence-electron chi connectivity index (χ2n) is 4.35. The molecule has 0 aliphatic carbocycles. The normalized spacial score (nSPS) is 10.8. The smallest absolute Gasteiger partial charge is 0.288 e. The second kappa shape index (κ2) is 7.09. The van der Waals surface area contributed by atoms with E-state index in [1.807, 2.05) is 19.1 Å². The molecule has 0 saturated heterocycles. The van der Waals surface area contributed by atoms with Crippen LogP contribution < -0.4 is 5.32 Å². The number of rotatable bonds is 5. The Labute approximate surface area is 129 Å². The van der Waals surface area contributed by atoms with Gasteiger partial charge in [0.25, 0.3) is 5.76 Å². The summed E-state index contributed by atoms with van der Waals surface area (Å²) in [4.78, 5) is 0.571. The highest BCUT2D eigenvalue weighted by molar-refractivity contribution is 9.10. The van der Waals surface area contributed by atoms with Crippen molar-refractivity contribution in [3.63, 3.8) is 0 Å². The molecule has 0 spiro atoms. The maximum absolute atomic E-state index is 12.2. The van der Waals surface area contributed by atoms with E-state index in [-0.39, 0.29) is 0 Å². The number of halogens is 3. The first-order valence-electron chi connectivity index (χ1n) is 6.08. The molecule has 0 aliphatic heterocycles. The number of aryl methyl sites for hydroxylation is 1. The Kier molecular flexibility index (Phi) is 5.43. The lowest BCUT2D eigenvalue weighted by Gasteiger charge is -2.09. The van der Waals surface area contributed by atoms with E-state index >= 15 is 0 Å². The molecule has 0 unspecified atom stereocenters. The third-order valence-electron chi connectivity index (χ3n) is 2.77. The molecule has 1 N–H and O–H groups in total. The molecule has 0 saturated carbocycles. The van der Waals surface area contributed by atoms with E-state index in [0.717, 1.165) is 15.7 Å². The lowest BCUT2D eigenvalue weighted by atomic mass is 10.1. The van der Waals surface area contributed by atoms with Gasteiger partial charge >= 0.3 is 0 Å². The van der Waals surface area contributed by atoms with Gasteiger partial charge in [0.15, 0.2) is 0 Å². The summed E-state index contributed by atoms with van der Waals surface area (Å²) in [5, 5.41) is 3.28. The molecule has 0 radical (unpaired) electrons. The van der Waals surface area contributed by atoms with E-state index in [9.17, 15) is 8.78 Å². The molecular weight excluding hydrogens is 344 g/mol. The van der Waals surface area contributed by atoms with E-state index < -0.39 is 5.76 Å². The maximum Gasteiger partial charge on any atom is 0.288 e. The van der Waals surface area contributed by atoms with Gasteiger partial charge in [0.05, 0.1) is 0 Å². The molecule has 2 rings (SSSR count). The molecule has 0 heterocycles. The number of thioether (sulfide) groups is 1. The van der Waals surface area contributed by atoms with Gasteiger partial charge in [-0.1, -0.05) is 39.8 Å². The topological polar surface area (TPSA) is 12.0 Å². The predicted molar refractivity (Wildman–Crippen MR) is 84.5 cm³/mol. The molecule has 1 nitrogen and oxygen atoms in total. The molecule has 2 aromatic rings. The van der Waals surface area contributed by atoms with Crippen molar-refractivity contribution >= 4 is 33.4 Å². The molecule has 2 aromatic carbocycles. The highest BCUT2D eigenvalue weighted by Crippen LogP contribution is 2.26. The van der Waals surface area contributed by atoms with Crippen LogP contribution >= 0.6 is 27.7 Å². The van der Waals surface area contributed by atoms with E-state index in [1.165, 1.54) is 5.56 Å². The van der Waals surface area contributed by atoms with Crippen molar-refractivity contribution in [2.24, 2.45) is 0 Å². The van der Waals surface area contributed by atoms with Gasteiger partial charge in [0, 0.05) is 21.6 Å². The Morgan fingerprint density at radius 1 is 1.15 bits per heavy atom. The first kappa shape index (κ1) is 15.3. The van der Waals surface area contributed by atoms with Gasteiger partial charge in [-0.25, -0.2) is 0 Å². The fourth-order valence-corrected chi connectivity index (χ4v) is 2.88. The fraction of sp³-hybridized carbons (Fsp3) is 0.200. The first-order valence-corrected chi connectivity index (χ1v) is 7.75. The molecule has 20 heavy (non-hydrogen) atoms. The summed E-state index contributed by atoms with van der Waals surface area (Å²) < 4.78 is 25.5. The zero-order valence-corrected chi connectivity index (χ0v) is 13.3. The number of hydrogen-bond donors (Lipinski definition) is 1. The summed E-state index contributed by atoms with van der Waals surface area (Å²) in [7, 11) is 0. The van der Waals surface area contributed by atoms with Gasteiger partial charge in [-0.15, -0.1) is 0 Å². The molecule has 106 valence electrons. The Balaban J connectivity index is 1.96. The van der Waals surface area contributed by atoms with Crippen LogP contribution in [0.5, 0.6) is 0 Å².